The number of thiophene rings is 3. The van der Waals surface area contributed by atoms with Gasteiger partial charge in [0.2, 0.25) is 0 Å². The van der Waals surface area contributed by atoms with Gasteiger partial charge in [-0.2, -0.15) is 0 Å². The van der Waals surface area contributed by atoms with E-state index in [-0.39, 0.29) is 0 Å². The molecule has 3 aromatic rings. The van der Waals surface area contributed by atoms with Crippen molar-refractivity contribution in [2.45, 2.75) is 26.7 Å². The highest BCUT2D eigenvalue weighted by molar-refractivity contribution is 7.27. The Morgan fingerprint density at radius 1 is 0.594 bits per heavy atom. The minimum absolute atomic E-state index is 0.367. The molecular formula is C23H24O6S3. The smallest absolute Gasteiger partial charge is 0.181 e. The third-order valence-corrected chi connectivity index (χ3v) is 9.72. The summed E-state index contributed by atoms with van der Waals surface area (Å²) in [5.41, 5.74) is 0. The molecule has 6 rings (SSSR count). The highest BCUT2D eigenvalue weighted by Crippen LogP contribution is 2.62. The highest BCUT2D eigenvalue weighted by atomic mass is 32.1. The molecule has 0 aliphatic carbocycles. The van der Waals surface area contributed by atoms with Gasteiger partial charge in [-0.15, -0.1) is 34.0 Å². The van der Waals surface area contributed by atoms with E-state index in [0.29, 0.717) is 51.5 Å². The van der Waals surface area contributed by atoms with Crippen LogP contribution in [0.2, 0.25) is 0 Å². The van der Waals surface area contributed by atoms with Gasteiger partial charge in [-0.1, -0.05) is 20.8 Å². The summed E-state index contributed by atoms with van der Waals surface area (Å²) in [7, 11) is 0. The summed E-state index contributed by atoms with van der Waals surface area (Å²) in [6.07, 6.45) is 0. The van der Waals surface area contributed by atoms with E-state index in [9.17, 15) is 0 Å². The number of fused-ring (bicyclic) bond motifs is 3. The fourth-order valence-electron chi connectivity index (χ4n) is 3.99. The molecule has 0 saturated carbocycles. The molecule has 3 aliphatic heterocycles. The van der Waals surface area contributed by atoms with Crippen molar-refractivity contribution in [3.8, 4) is 54.0 Å². The SMILES string of the molecule is CC(C)C(C)c1sc(-c2sc(-c3scc4c3OCCO4)c3c2OCCO3)c2c1OCCO2. The third kappa shape index (κ3) is 3.16. The van der Waals surface area contributed by atoms with E-state index in [2.05, 4.69) is 20.8 Å². The van der Waals surface area contributed by atoms with Crippen LogP contribution in [-0.2, 0) is 0 Å². The summed E-state index contributed by atoms with van der Waals surface area (Å²) in [6, 6.07) is 0. The van der Waals surface area contributed by atoms with Gasteiger partial charge in [-0.05, 0) is 11.8 Å². The first-order valence-corrected chi connectivity index (χ1v) is 13.4. The molecule has 0 bridgehead atoms. The lowest BCUT2D eigenvalue weighted by Gasteiger charge is -2.20. The monoisotopic (exact) mass is 492 g/mol. The third-order valence-electron chi connectivity index (χ3n) is 5.95. The summed E-state index contributed by atoms with van der Waals surface area (Å²) in [5, 5.41) is 2.01. The van der Waals surface area contributed by atoms with Crippen LogP contribution in [0, 0.1) is 5.92 Å². The van der Waals surface area contributed by atoms with Crippen molar-refractivity contribution in [2.75, 3.05) is 39.6 Å². The first-order chi connectivity index (χ1) is 15.6. The lowest BCUT2D eigenvalue weighted by atomic mass is 9.96. The first-order valence-electron chi connectivity index (χ1n) is 10.9. The Morgan fingerprint density at radius 3 is 1.75 bits per heavy atom. The summed E-state index contributed by atoms with van der Waals surface area (Å²) < 4.78 is 36.3. The minimum atomic E-state index is 0.367. The van der Waals surface area contributed by atoms with Crippen LogP contribution >= 0.6 is 34.0 Å². The van der Waals surface area contributed by atoms with Crippen molar-refractivity contribution in [2.24, 2.45) is 5.92 Å². The van der Waals surface area contributed by atoms with Crippen LogP contribution < -0.4 is 28.4 Å². The molecule has 1 unspecified atom stereocenters. The van der Waals surface area contributed by atoms with Gasteiger partial charge in [0, 0.05) is 5.38 Å². The average molecular weight is 493 g/mol. The molecule has 0 fully saturated rings. The van der Waals surface area contributed by atoms with Crippen LogP contribution in [0.1, 0.15) is 31.6 Å². The van der Waals surface area contributed by atoms with Gasteiger partial charge in [-0.3, -0.25) is 0 Å². The van der Waals surface area contributed by atoms with E-state index in [1.54, 1.807) is 34.0 Å². The van der Waals surface area contributed by atoms with Crippen molar-refractivity contribution in [3.63, 3.8) is 0 Å². The van der Waals surface area contributed by atoms with Gasteiger partial charge in [0.25, 0.3) is 0 Å². The van der Waals surface area contributed by atoms with Crippen LogP contribution in [0.5, 0.6) is 34.5 Å². The normalized spacial score (nSPS) is 17.5. The molecule has 0 radical (unpaired) electrons. The maximum atomic E-state index is 6.17. The molecule has 170 valence electrons. The van der Waals surface area contributed by atoms with Crippen molar-refractivity contribution >= 4 is 34.0 Å². The van der Waals surface area contributed by atoms with Gasteiger partial charge in [0.05, 0.1) is 24.4 Å². The van der Waals surface area contributed by atoms with Crippen LogP contribution in [0.15, 0.2) is 5.38 Å². The minimum Gasteiger partial charge on any atom is -0.485 e. The van der Waals surface area contributed by atoms with Gasteiger partial charge >= 0.3 is 0 Å². The molecule has 3 aromatic heterocycles. The molecule has 0 spiro atoms. The van der Waals surface area contributed by atoms with Crippen LogP contribution in [0.4, 0.5) is 0 Å². The second kappa shape index (κ2) is 8.04. The van der Waals surface area contributed by atoms with Crippen molar-refractivity contribution in [1.29, 1.82) is 0 Å². The summed E-state index contributed by atoms with van der Waals surface area (Å²) in [6.45, 7) is 10.0. The quantitative estimate of drug-likeness (QED) is 0.427. The molecule has 0 saturated heterocycles. The molecule has 1 atom stereocenters. The van der Waals surface area contributed by atoms with Crippen molar-refractivity contribution < 1.29 is 28.4 Å². The largest absolute Gasteiger partial charge is 0.485 e. The summed E-state index contributed by atoms with van der Waals surface area (Å²) >= 11 is 5.03. The molecule has 6 heterocycles. The predicted molar refractivity (Wildman–Crippen MR) is 127 cm³/mol. The topological polar surface area (TPSA) is 55.4 Å². The fourth-order valence-corrected chi connectivity index (χ4v) is 7.80. The lowest BCUT2D eigenvalue weighted by molar-refractivity contribution is 0.170. The van der Waals surface area contributed by atoms with E-state index in [4.69, 9.17) is 28.4 Å². The number of ether oxygens (including phenoxy) is 6. The van der Waals surface area contributed by atoms with Crippen LogP contribution in [0.3, 0.4) is 0 Å². The summed E-state index contributed by atoms with van der Waals surface area (Å²) in [4.78, 5) is 5.36. The Balaban J connectivity index is 1.53. The van der Waals surface area contributed by atoms with Crippen molar-refractivity contribution in [1.82, 2.24) is 0 Å². The average Bonchev–Trinajstić information content (AvgIpc) is 3.51. The van der Waals surface area contributed by atoms with Crippen LogP contribution in [0.25, 0.3) is 19.5 Å². The zero-order chi connectivity index (χ0) is 21.8. The second-order valence-electron chi connectivity index (χ2n) is 8.25. The molecule has 3 aliphatic rings. The summed E-state index contributed by atoms with van der Waals surface area (Å²) in [5.74, 6) is 5.77. The number of hydrogen-bond acceptors (Lipinski definition) is 9. The fraction of sp³-hybridized carbons (Fsp3) is 0.478. The van der Waals surface area contributed by atoms with E-state index in [1.165, 1.54) is 4.88 Å². The molecule has 0 N–H and O–H groups in total. The maximum Gasteiger partial charge on any atom is 0.181 e. The number of rotatable bonds is 4. The Morgan fingerprint density at radius 2 is 1.09 bits per heavy atom. The van der Waals surface area contributed by atoms with E-state index >= 15 is 0 Å². The molecule has 0 amide bonds. The van der Waals surface area contributed by atoms with Crippen molar-refractivity contribution in [3.05, 3.63) is 10.3 Å². The first kappa shape index (κ1) is 20.5. The highest BCUT2D eigenvalue weighted by Gasteiger charge is 2.36. The van der Waals surface area contributed by atoms with Crippen LogP contribution in [-0.4, -0.2) is 39.6 Å². The van der Waals surface area contributed by atoms with Gasteiger partial charge in [0.1, 0.15) is 39.6 Å². The van der Waals surface area contributed by atoms with Gasteiger partial charge < -0.3 is 28.4 Å². The Kier molecular flexibility index (Phi) is 5.15. The Hall–Kier alpha value is -2.10. The van der Waals surface area contributed by atoms with E-state index in [0.717, 1.165) is 54.0 Å². The van der Waals surface area contributed by atoms with Gasteiger partial charge in [-0.25, -0.2) is 0 Å². The van der Waals surface area contributed by atoms with E-state index < -0.39 is 0 Å². The van der Waals surface area contributed by atoms with Gasteiger partial charge in [0.15, 0.2) is 34.5 Å². The Labute approximate surface area is 198 Å². The molecular weight excluding hydrogens is 468 g/mol. The predicted octanol–water partition coefficient (Wildman–Crippen LogP) is 6.28. The number of hydrogen-bond donors (Lipinski definition) is 0. The molecule has 0 aromatic carbocycles. The molecule has 32 heavy (non-hydrogen) atoms. The lowest BCUT2D eigenvalue weighted by Crippen LogP contribution is -2.16. The zero-order valence-corrected chi connectivity index (χ0v) is 20.6. The Bertz CT molecular complexity index is 1160. The second-order valence-corrected chi connectivity index (χ2v) is 11.2. The standard InChI is InChI=1S/C23H24O6S3/c1-11(2)12(3)19-15-16(27-7-6-26-15)22(31-19)23-18-17(28-8-9-29-18)21(32-23)20-14-13(10-30-20)24-4-5-25-14/h10-12H,4-9H2,1-3H3. The molecule has 6 nitrogen and oxygen atoms in total. The molecule has 9 heteroatoms. The maximum absolute atomic E-state index is 6.17. The van der Waals surface area contributed by atoms with E-state index in [1.807, 2.05) is 5.38 Å². The zero-order valence-electron chi connectivity index (χ0n) is 18.1.